The molecular weight excluding hydrogens is 364 g/mol. The number of ether oxygens (including phenoxy) is 1. The summed E-state index contributed by atoms with van der Waals surface area (Å²) in [7, 11) is 0. The Labute approximate surface area is 173 Å². The zero-order valence-corrected chi connectivity index (χ0v) is 17.0. The molecule has 0 aromatic heterocycles. The minimum Gasteiger partial charge on any atom is -0.484 e. The summed E-state index contributed by atoms with van der Waals surface area (Å²) in [5, 5.41) is 3.11. The maximum Gasteiger partial charge on any atom is 0.261 e. The molecule has 154 valence electrons. The number of nitrogens with zero attached hydrogens (tertiary/aromatic N) is 1. The van der Waals surface area contributed by atoms with Crippen LogP contribution in [0.4, 0.5) is 0 Å². The fourth-order valence-electron chi connectivity index (χ4n) is 3.71. The Morgan fingerprint density at radius 2 is 1.66 bits per heavy atom. The Bertz CT molecular complexity index is 773. The van der Waals surface area contributed by atoms with Crippen molar-refractivity contribution in [2.24, 2.45) is 0 Å². The van der Waals surface area contributed by atoms with Crippen LogP contribution >= 0.6 is 0 Å². The second-order valence-electron chi connectivity index (χ2n) is 7.59. The number of carbonyl (C=O) groups excluding carboxylic acids is 2. The van der Waals surface area contributed by atoms with Crippen LogP contribution in [0.25, 0.3) is 0 Å². The summed E-state index contributed by atoms with van der Waals surface area (Å²) in [5.41, 5.74) is 1.14. The molecule has 1 unspecified atom stereocenters. The molecule has 1 saturated carbocycles. The summed E-state index contributed by atoms with van der Waals surface area (Å²) in [6, 6.07) is 19.0. The second kappa shape index (κ2) is 10.6. The highest BCUT2D eigenvalue weighted by Crippen LogP contribution is 2.18. The van der Waals surface area contributed by atoms with Gasteiger partial charge in [-0.05, 0) is 43.9 Å². The van der Waals surface area contributed by atoms with Gasteiger partial charge in [-0.2, -0.15) is 0 Å². The van der Waals surface area contributed by atoms with Gasteiger partial charge in [-0.3, -0.25) is 9.59 Å². The van der Waals surface area contributed by atoms with Crippen LogP contribution in [0, 0.1) is 0 Å². The van der Waals surface area contributed by atoms with E-state index in [2.05, 4.69) is 5.32 Å². The molecule has 2 aromatic carbocycles. The normalized spacial score (nSPS) is 14.9. The highest BCUT2D eigenvalue weighted by molar-refractivity contribution is 5.88. The fraction of sp³-hybridized carbons (Fsp3) is 0.417. The Balaban J connectivity index is 1.63. The van der Waals surface area contributed by atoms with Crippen molar-refractivity contribution < 1.29 is 14.3 Å². The molecule has 3 rings (SSSR count). The molecule has 5 nitrogen and oxygen atoms in total. The zero-order valence-electron chi connectivity index (χ0n) is 17.0. The van der Waals surface area contributed by atoms with Crippen LogP contribution in [0.2, 0.25) is 0 Å². The third-order valence-electron chi connectivity index (χ3n) is 5.46. The van der Waals surface area contributed by atoms with Crippen LogP contribution in [0.1, 0.15) is 38.2 Å². The lowest BCUT2D eigenvalue weighted by Gasteiger charge is -2.29. The Morgan fingerprint density at radius 1 is 1.03 bits per heavy atom. The van der Waals surface area contributed by atoms with E-state index in [1.165, 1.54) is 0 Å². The molecule has 1 fully saturated rings. The minimum absolute atomic E-state index is 0.0835. The maximum absolute atomic E-state index is 12.9. The van der Waals surface area contributed by atoms with Gasteiger partial charge in [-0.25, -0.2) is 0 Å². The van der Waals surface area contributed by atoms with Gasteiger partial charge in [0.05, 0.1) is 0 Å². The smallest absolute Gasteiger partial charge is 0.261 e. The molecule has 1 aliphatic carbocycles. The molecule has 0 saturated heterocycles. The average molecular weight is 395 g/mol. The van der Waals surface area contributed by atoms with Crippen LogP contribution in [0.5, 0.6) is 5.75 Å². The molecule has 1 atom stereocenters. The number of benzene rings is 2. The quantitative estimate of drug-likeness (QED) is 0.707. The second-order valence-corrected chi connectivity index (χ2v) is 7.59. The number of amides is 2. The number of rotatable bonds is 9. The first-order chi connectivity index (χ1) is 14.1. The van der Waals surface area contributed by atoms with Crippen LogP contribution in [0.15, 0.2) is 60.7 Å². The third-order valence-corrected chi connectivity index (χ3v) is 5.46. The van der Waals surface area contributed by atoms with Crippen LogP contribution < -0.4 is 10.1 Å². The summed E-state index contributed by atoms with van der Waals surface area (Å²) in [5.74, 6) is 0.379. The minimum atomic E-state index is -0.536. The fourth-order valence-corrected chi connectivity index (χ4v) is 3.71. The standard InChI is InChI=1S/C24H30N2O3/c1-19(24(28)25-21-12-8-9-13-21)26(17-16-20-10-4-2-5-11-20)23(27)18-29-22-14-6-3-7-15-22/h2-7,10-11,14-15,19,21H,8-9,12-13,16-18H2,1H3,(H,25,28). The van der Waals surface area contributed by atoms with Crippen LogP contribution in [-0.4, -0.2) is 41.9 Å². The molecule has 2 amide bonds. The first-order valence-corrected chi connectivity index (χ1v) is 10.4. The van der Waals surface area contributed by atoms with Crippen molar-refractivity contribution in [1.29, 1.82) is 0 Å². The van der Waals surface area contributed by atoms with Gasteiger partial charge >= 0.3 is 0 Å². The molecule has 0 heterocycles. The average Bonchev–Trinajstić information content (AvgIpc) is 3.26. The summed E-state index contributed by atoms with van der Waals surface area (Å²) in [6.07, 6.45) is 5.04. The molecule has 0 spiro atoms. The topological polar surface area (TPSA) is 58.6 Å². The van der Waals surface area contributed by atoms with Crippen molar-refractivity contribution >= 4 is 11.8 Å². The van der Waals surface area contributed by atoms with Crippen LogP contribution in [-0.2, 0) is 16.0 Å². The van der Waals surface area contributed by atoms with E-state index in [9.17, 15) is 9.59 Å². The van der Waals surface area contributed by atoms with E-state index in [4.69, 9.17) is 4.74 Å². The van der Waals surface area contributed by atoms with E-state index >= 15 is 0 Å². The molecular formula is C24H30N2O3. The summed E-state index contributed by atoms with van der Waals surface area (Å²) in [6.45, 7) is 2.19. The van der Waals surface area contributed by atoms with Gasteiger partial charge in [0.15, 0.2) is 6.61 Å². The molecule has 1 N–H and O–H groups in total. The summed E-state index contributed by atoms with van der Waals surface area (Å²) < 4.78 is 5.64. The summed E-state index contributed by atoms with van der Waals surface area (Å²) in [4.78, 5) is 27.4. The van der Waals surface area contributed by atoms with E-state index in [1.54, 1.807) is 11.8 Å². The number of nitrogens with one attached hydrogen (secondary N) is 1. The van der Waals surface area contributed by atoms with Gasteiger partial charge < -0.3 is 15.0 Å². The number of hydrogen-bond donors (Lipinski definition) is 1. The van der Waals surface area contributed by atoms with Crippen molar-refractivity contribution in [2.75, 3.05) is 13.2 Å². The highest BCUT2D eigenvalue weighted by atomic mass is 16.5. The van der Waals surface area contributed by atoms with Gasteiger partial charge in [-0.15, -0.1) is 0 Å². The third kappa shape index (κ3) is 6.34. The van der Waals surface area contributed by atoms with Gasteiger partial charge in [0.25, 0.3) is 5.91 Å². The molecule has 0 radical (unpaired) electrons. The highest BCUT2D eigenvalue weighted by Gasteiger charge is 2.28. The first-order valence-electron chi connectivity index (χ1n) is 10.4. The van der Waals surface area contributed by atoms with Crippen molar-refractivity contribution in [3.05, 3.63) is 66.2 Å². The van der Waals surface area contributed by atoms with Crippen LogP contribution in [0.3, 0.4) is 0 Å². The first kappa shape index (κ1) is 20.9. The van der Waals surface area contributed by atoms with E-state index in [0.29, 0.717) is 18.7 Å². The zero-order chi connectivity index (χ0) is 20.5. The lowest BCUT2D eigenvalue weighted by atomic mass is 10.1. The Morgan fingerprint density at radius 3 is 2.31 bits per heavy atom. The van der Waals surface area contributed by atoms with Gasteiger partial charge in [-0.1, -0.05) is 61.4 Å². The predicted molar refractivity (Wildman–Crippen MR) is 114 cm³/mol. The van der Waals surface area contributed by atoms with E-state index in [0.717, 1.165) is 31.2 Å². The number of carbonyl (C=O) groups is 2. The molecule has 5 heteroatoms. The Kier molecular flexibility index (Phi) is 7.68. The van der Waals surface area contributed by atoms with Crippen molar-refractivity contribution in [1.82, 2.24) is 10.2 Å². The number of para-hydroxylation sites is 1. The molecule has 0 aliphatic heterocycles. The van der Waals surface area contributed by atoms with Crippen molar-refractivity contribution in [3.63, 3.8) is 0 Å². The van der Waals surface area contributed by atoms with Gasteiger partial charge in [0.2, 0.25) is 5.91 Å². The van der Waals surface area contributed by atoms with Crippen molar-refractivity contribution in [3.8, 4) is 5.75 Å². The molecule has 2 aromatic rings. The molecule has 1 aliphatic rings. The van der Waals surface area contributed by atoms with Gasteiger partial charge in [0, 0.05) is 12.6 Å². The van der Waals surface area contributed by atoms with E-state index < -0.39 is 6.04 Å². The SMILES string of the molecule is CC(C(=O)NC1CCCC1)N(CCc1ccccc1)C(=O)COc1ccccc1. The summed E-state index contributed by atoms with van der Waals surface area (Å²) >= 11 is 0. The Hall–Kier alpha value is -2.82. The van der Waals surface area contributed by atoms with E-state index in [-0.39, 0.29) is 24.5 Å². The van der Waals surface area contributed by atoms with Gasteiger partial charge in [0.1, 0.15) is 11.8 Å². The molecule has 29 heavy (non-hydrogen) atoms. The maximum atomic E-state index is 12.9. The predicted octanol–water partition coefficient (Wildman–Crippen LogP) is 3.58. The lowest BCUT2D eigenvalue weighted by Crippen LogP contribution is -2.51. The molecule has 0 bridgehead atoms. The van der Waals surface area contributed by atoms with E-state index in [1.807, 2.05) is 60.7 Å². The largest absolute Gasteiger partial charge is 0.484 e. The number of hydrogen-bond acceptors (Lipinski definition) is 3. The monoisotopic (exact) mass is 394 g/mol. The lowest BCUT2D eigenvalue weighted by molar-refractivity contribution is -0.141. The van der Waals surface area contributed by atoms with Crippen molar-refractivity contribution in [2.45, 2.75) is 51.1 Å².